The molecule has 0 saturated heterocycles. The van der Waals surface area contributed by atoms with Gasteiger partial charge in [0.15, 0.2) is 0 Å². The van der Waals surface area contributed by atoms with Crippen molar-refractivity contribution >= 4 is 17.7 Å². The summed E-state index contributed by atoms with van der Waals surface area (Å²) in [5.41, 5.74) is 0.175. The quantitative estimate of drug-likeness (QED) is 0.459. The summed E-state index contributed by atoms with van der Waals surface area (Å²) in [5.74, 6) is -2.35. The van der Waals surface area contributed by atoms with Crippen molar-refractivity contribution in [3.8, 4) is 0 Å². The van der Waals surface area contributed by atoms with Crippen molar-refractivity contribution in [3.63, 3.8) is 0 Å². The van der Waals surface area contributed by atoms with Gasteiger partial charge in [0.2, 0.25) is 0 Å². The lowest BCUT2D eigenvalue weighted by Gasteiger charge is -1.97. The zero-order chi connectivity index (χ0) is 12.1. The Labute approximate surface area is 91.5 Å². The number of carbonyl (C=O) groups excluding carboxylic acids is 3. The summed E-state index contributed by atoms with van der Waals surface area (Å²) in [4.78, 5) is 36.1. The number of carbonyl (C=O) groups is 3. The third-order valence-corrected chi connectivity index (χ3v) is 1.81. The first-order valence-corrected chi connectivity index (χ1v) is 4.58. The number of H-pyrrole nitrogens is 1. The average molecular weight is 225 g/mol. The number of ether oxygens (including phenoxy) is 2. The number of rotatable bonds is 4. The Hall–Kier alpha value is -2.11. The molecule has 0 unspecified atom stereocenters. The van der Waals surface area contributed by atoms with Crippen LogP contribution in [0.15, 0.2) is 12.3 Å². The Kier molecular flexibility index (Phi) is 3.82. The first-order chi connectivity index (χ1) is 7.60. The van der Waals surface area contributed by atoms with Gasteiger partial charge in [-0.25, -0.2) is 9.59 Å². The Morgan fingerprint density at radius 3 is 2.62 bits per heavy atom. The predicted octanol–water partition coefficient (Wildman–Crippen LogP) is 0.547. The first-order valence-electron chi connectivity index (χ1n) is 4.58. The monoisotopic (exact) mass is 225 g/mol. The van der Waals surface area contributed by atoms with E-state index in [1.165, 1.54) is 19.4 Å². The molecule has 0 aliphatic carbocycles. The van der Waals surface area contributed by atoms with Gasteiger partial charge in [-0.1, -0.05) is 0 Å². The number of hydrogen-bond acceptors (Lipinski definition) is 5. The van der Waals surface area contributed by atoms with Crippen LogP contribution in [0.25, 0.3) is 0 Å². The number of methoxy groups -OCH3 is 1. The molecule has 1 rings (SSSR count). The normalized spacial score (nSPS) is 9.62. The fourth-order valence-electron chi connectivity index (χ4n) is 1.07. The molecule has 1 aromatic heterocycles. The minimum Gasteiger partial charge on any atom is -0.464 e. The van der Waals surface area contributed by atoms with Crippen LogP contribution in [0.3, 0.4) is 0 Å². The number of nitrogens with one attached hydrogen (secondary N) is 1. The Morgan fingerprint density at radius 2 is 2.06 bits per heavy atom. The molecule has 0 aliphatic heterocycles. The van der Waals surface area contributed by atoms with Crippen LogP contribution in [-0.2, 0) is 14.3 Å². The average Bonchev–Trinajstić information content (AvgIpc) is 2.76. The maximum Gasteiger partial charge on any atom is 0.379 e. The van der Waals surface area contributed by atoms with E-state index in [0.29, 0.717) is 0 Å². The van der Waals surface area contributed by atoms with Crippen molar-refractivity contribution < 1.29 is 23.9 Å². The lowest BCUT2D eigenvalue weighted by Crippen LogP contribution is -2.16. The van der Waals surface area contributed by atoms with Crippen LogP contribution >= 0.6 is 0 Å². The second kappa shape index (κ2) is 5.11. The Bertz CT molecular complexity index is 421. The van der Waals surface area contributed by atoms with Crippen molar-refractivity contribution in [2.24, 2.45) is 0 Å². The van der Waals surface area contributed by atoms with Crippen molar-refractivity contribution in [1.29, 1.82) is 0 Å². The zero-order valence-electron chi connectivity index (χ0n) is 8.90. The van der Waals surface area contributed by atoms with Crippen LogP contribution in [0, 0.1) is 0 Å². The summed E-state index contributed by atoms with van der Waals surface area (Å²) in [7, 11) is 1.22. The fraction of sp³-hybridized carbons (Fsp3) is 0.300. The Balaban J connectivity index is 2.82. The molecule has 0 radical (unpaired) electrons. The number of ketones is 1. The van der Waals surface area contributed by atoms with Gasteiger partial charge in [-0.15, -0.1) is 0 Å². The van der Waals surface area contributed by atoms with E-state index in [2.05, 4.69) is 14.5 Å². The highest BCUT2D eigenvalue weighted by atomic mass is 16.5. The van der Waals surface area contributed by atoms with E-state index < -0.39 is 17.7 Å². The molecule has 0 spiro atoms. The van der Waals surface area contributed by atoms with Crippen molar-refractivity contribution in [2.75, 3.05) is 13.7 Å². The van der Waals surface area contributed by atoms with Crippen molar-refractivity contribution in [1.82, 2.24) is 4.98 Å². The number of Topliss-reactive ketones (excluding diaryl/α,β-unsaturated/α-hetero) is 1. The molecule has 1 heterocycles. The smallest absolute Gasteiger partial charge is 0.379 e. The van der Waals surface area contributed by atoms with E-state index in [0.717, 1.165) is 0 Å². The molecule has 1 aromatic rings. The summed E-state index contributed by atoms with van der Waals surface area (Å²) in [6.07, 6.45) is 1.26. The molecule has 0 amide bonds. The van der Waals surface area contributed by atoms with Gasteiger partial charge in [-0.3, -0.25) is 4.79 Å². The van der Waals surface area contributed by atoms with Crippen LogP contribution < -0.4 is 0 Å². The molecule has 1 N–H and O–H groups in total. The summed E-state index contributed by atoms with van der Waals surface area (Å²) in [6.45, 7) is 1.72. The predicted molar refractivity (Wildman–Crippen MR) is 53.1 cm³/mol. The van der Waals surface area contributed by atoms with Gasteiger partial charge in [-0.2, -0.15) is 0 Å². The van der Waals surface area contributed by atoms with Gasteiger partial charge in [-0.05, 0) is 13.0 Å². The molecule has 0 aliphatic rings. The van der Waals surface area contributed by atoms with Gasteiger partial charge < -0.3 is 14.5 Å². The molecule has 0 aromatic carbocycles. The third-order valence-electron chi connectivity index (χ3n) is 1.81. The molecular weight excluding hydrogens is 214 g/mol. The van der Waals surface area contributed by atoms with E-state index in [4.69, 9.17) is 0 Å². The van der Waals surface area contributed by atoms with Gasteiger partial charge in [0.1, 0.15) is 5.69 Å². The molecule has 0 fully saturated rings. The van der Waals surface area contributed by atoms with Gasteiger partial charge in [0, 0.05) is 11.8 Å². The van der Waals surface area contributed by atoms with Crippen molar-refractivity contribution in [2.45, 2.75) is 6.92 Å². The third kappa shape index (κ3) is 2.47. The lowest BCUT2D eigenvalue weighted by molar-refractivity contribution is -0.137. The van der Waals surface area contributed by atoms with E-state index in [1.54, 1.807) is 6.92 Å². The van der Waals surface area contributed by atoms with Gasteiger partial charge in [0.05, 0.1) is 13.7 Å². The largest absolute Gasteiger partial charge is 0.464 e. The molecule has 86 valence electrons. The van der Waals surface area contributed by atoms with E-state index in [1.807, 2.05) is 0 Å². The molecule has 0 bridgehead atoms. The highest BCUT2D eigenvalue weighted by Gasteiger charge is 2.20. The van der Waals surface area contributed by atoms with Gasteiger partial charge >= 0.3 is 11.9 Å². The minimum atomic E-state index is -0.946. The van der Waals surface area contributed by atoms with Crippen LogP contribution in [0.5, 0.6) is 0 Å². The summed E-state index contributed by atoms with van der Waals surface area (Å²) >= 11 is 0. The molecule has 0 saturated carbocycles. The molecule has 16 heavy (non-hydrogen) atoms. The number of hydrogen-bond donors (Lipinski definition) is 1. The van der Waals surface area contributed by atoms with E-state index in [-0.39, 0.29) is 17.9 Å². The number of aromatic amines is 1. The van der Waals surface area contributed by atoms with E-state index >= 15 is 0 Å². The van der Waals surface area contributed by atoms with Crippen LogP contribution in [0.4, 0.5) is 0 Å². The van der Waals surface area contributed by atoms with Crippen LogP contribution in [-0.4, -0.2) is 36.4 Å². The SMILES string of the molecule is CCOC(=O)C(=O)c1c[nH]c(C(=O)OC)c1. The van der Waals surface area contributed by atoms with E-state index in [9.17, 15) is 14.4 Å². The second-order valence-electron chi connectivity index (χ2n) is 2.84. The highest BCUT2D eigenvalue weighted by Crippen LogP contribution is 2.06. The van der Waals surface area contributed by atoms with Crippen molar-refractivity contribution in [3.05, 3.63) is 23.5 Å². The molecule has 0 atom stereocenters. The standard InChI is InChI=1S/C10H11NO5/c1-3-16-10(14)8(12)6-4-7(11-5-6)9(13)15-2/h4-5,11H,3H2,1-2H3. The maximum absolute atomic E-state index is 11.4. The molecular formula is C10H11NO5. The first kappa shape index (κ1) is 12.0. The zero-order valence-corrected chi connectivity index (χ0v) is 8.90. The highest BCUT2D eigenvalue weighted by molar-refractivity contribution is 6.40. The maximum atomic E-state index is 11.4. The Morgan fingerprint density at radius 1 is 1.38 bits per heavy atom. The number of esters is 2. The molecule has 6 heteroatoms. The van der Waals surface area contributed by atoms with Gasteiger partial charge in [0.25, 0.3) is 5.78 Å². The van der Waals surface area contributed by atoms with Crippen LogP contribution in [0.1, 0.15) is 27.8 Å². The summed E-state index contributed by atoms with van der Waals surface area (Å²) in [5, 5.41) is 0. The minimum absolute atomic E-state index is 0.0684. The second-order valence-corrected chi connectivity index (χ2v) is 2.84. The lowest BCUT2D eigenvalue weighted by atomic mass is 10.2. The summed E-state index contributed by atoms with van der Waals surface area (Å²) in [6, 6.07) is 1.24. The summed E-state index contributed by atoms with van der Waals surface area (Å²) < 4.78 is 8.98. The fourth-order valence-corrected chi connectivity index (χ4v) is 1.07. The number of aromatic nitrogens is 1. The topological polar surface area (TPSA) is 85.5 Å². The van der Waals surface area contributed by atoms with Crippen LogP contribution in [0.2, 0.25) is 0 Å². The molecule has 6 nitrogen and oxygen atoms in total.